The molecular weight excluding hydrogens is 278 g/mol. The highest BCUT2D eigenvalue weighted by atomic mass is 79.9. The molecule has 1 N–H and O–H groups in total. The third-order valence-electron chi connectivity index (χ3n) is 3.06. The molecule has 0 bridgehead atoms. The Labute approximate surface area is 113 Å². The van der Waals surface area contributed by atoms with E-state index in [1.54, 1.807) is 0 Å². The number of rotatable bonds is 6. The van der Waals surface area contributed by atoms with Crippen LogP contribution < -0.4 is 0 Å². The maximum Gasteiger partial charge on any atom is 0.0802 e. The van der Waals surface area contributed by atoms with E-state index in [2.05, 4.69) is 41.6 Å². The minimum atomic E-state index is -0.375. The summed E-state index contributed by atoms with van der Waals surface area (Å²) in [5.74, 6) is 0. The molecule has 1 unspecified atom stereocenters. The molecule has 0 saturated heterocycles. The molecule has 96 valence electrons. The molecule has 0 spiro atoms. The molecule has 3 heteroatoms. The van der Waals surface area contributed by atoms with Crippen molar-refractivity contribution in [2.24, 2.45) is 0 Å². The predicted octanol–water partition coefficient (Wildman–Crippen LogP) is 3.60. The fourth-order valence-corrected chi connectivity index (χ4v) is 2.37. The second-order valence-electron chi connectivity index (χ2n) is 4.58. The van der Waals surface area contributed by atoms with Gasteiger partial charge in [-0.2, -0.15) is 0 Å². The highest BCUT2D eigenvalue weighted by Crippen LogP contribution is 2.21. The van der Waals surface area contributed by atoms with E-state index in [9.17, 15) is 5.11 Å². The molecular formula is C14H22BrNO. The van der Waals surface area contributed by atoms with E-state index < -0.39 is 0 Å². The fourth-order valence-electron chi connectivity index (χ4n) is 1.95. The normalized spacial score (nSPS) is 13.4. The summed E-state index contributed by atoms with van der Waals surface area (Å²) in [6, 6.07) is 8.43. The van der Waals surface area contributed by atoms with E-state index in [0.29, 0.717) is 6.04 Å². The molecule has 0 amide bonds. The lowest BCUT2D eigenvalue weighted by atomic mass is 10.1. The number of aliphatic hydroxyl groups excluding tert-OH is 1. The molecule has 0 radical (unpaired) electrons. The molecule has 17 heavy (non-hydrogen) atoms. The van der Waals surface area contributed by atoms with Crippen molar-refractivity contribution in [3.8, 4) is 0 Å². The standard InChI is InChI=1S/C14H22BrNO/c1-4-16(11(2)3)9-8-14(17)12-6-5-7-13(15)10-12/h5-7,10-11,14,17H,4,8-9H2,1-3H3. The monoisotopic (exact) mass is 299 g/mol. The maximum atomic E-state index is 10.1. The summed E-state index contributed by atoms with van der Waals surface area (Å²) >= 11 is 3.43. The zero-order valence-corrected chi connectivity index (χ0v) is 12.4. The first-order chi connectivity index (χ1) is 8.04. The number of benzene rings is 1. The van der Waals surface area contributed by atoms with Gasteiger partial charge in [-0.25, -0.2) is 0 Å². The van der Waals surface area contributed by atoms with E-state index in [1.165, 1.54) is 0 Å². The summed E-state index contributed by atoms with van der Waals surface area (Å²) in [5.41, 5.74) is 0.985. The van der Waals surface area contributed by atoms with E-state index in [4.69, 9.17) is 0 Å². The molecule has 1 aromatic rings. The minimum Gasteiger partial charge on any atom is -0.388 e. The van der Waals surface area contributed by atoms with Gasteiger partial charge >= 0.3 is 0 Å². The summed E-state index contributed by atoms with van der Waals surface area (Å²) in [6.45, 7) is 8.50. The van der Waals surface area contributed by atoms with Gasteiger partial charge in [0.15, 0.2) is 0 Å². The highest BCUT2D eigenvalue weighted by Gasteiger charge is 2.12. The van der Waals surface area contributed by atoms with Gasteiger partial charge in [0.25, 0.3) is 0 Å². The van der Waals surface area contributed by atoms with Crippen LogP contribution in [-0.4, -0.2) is 29.1 Å². The largest absolute Gasteiger partial charge is 0.388 e. The van der Waals surface area contributed by atoms with Crippen molar-refractivity contribution in [1.29, 1.82) is 0 Å². The van der Waals surface area contributed by atoms with Crippen LogP contribution in [0.4, 0.5) is 0 Å². The second-order valence-corrected chi connectivity index (χ2v) is 5.50. The molecule has 1 rings (SSSR count). The van der Waals surface area contributed by atoms with Crippen molar-refractivity contribution in [1.82, 2.24) is 4.90 Å². The topological polar surface area (TPSA) is 23.5 Å². The Morgan fingerprint density at radius 1 is 1.35 bits per heavy atom. The Balaban J connectivity index is 2.52. The lowest BCUT2D eigenvalue weighted by molar-refractivity contribution is 0.133. The Bertz CT molecular complexity index is 341. The van der Waals surface area contributed by atoms with Crippen LogP contribution in [0.2, 0.25) is 0 Å². The fraction of sp³-hybridized carbons (Fsp3) is 0.571. The first-order valence-electron chi connectivity index (χ1n) is 6.22. The number of halogens is 1. The molecule has 0 aliphatic carbocycles. The Morgan fingerprint density at radius 3 is 2.59 bits per heavy atom. The zero-order chi connectivity index (χ0) is 12.8. The third-order valence-corrected chi connectivity index (χ3v) is 3.55. The van der Waals surface area contributed by atoms with Crippen LogP contribution in [0.25, 0.3) is 0 Å². The van der Waals surface area contributed by atoms with Gasteiger partial charge in [-0.3, -0.25) is 0 Å². The van der Waals surface area contributed by atoms with Crippen LogP contribution in [0.3, 0.4) is 0 Å². The van der Waals surface area contributed by atoms with Crippen LogP contribution in [0.1, 0.15) is 38.9 Å². The molecule has 0 saturated carbocycles. The van der Waals surface area contributed by atoms with Gasteiger partial charge in [0.1, 0.15) is 0 Å². The average molecular weight is 300 g/mol. The van der Waals surface area contributed by atoms with Crippen LogP contribution in [0.15, 0.2) is 28.7 Å². The molecule has 0 heterocycles. The highest BCUT2D eigenvalue weighted by molar-refractivity contribution is 9.10. The van der Waals surface area contributed by atoms with Gasteiger partial charge in [-0.05, 0) is 44.5 Å². The van der Waals surface area contributed by atoms with Crippen LogP contribution in [-0.2, 0) is 0 Å². The van der Waals surface area contributed by atoms with Gasteiger partial charge in [-0.1, -0.05) is 35.0 Å². The lowest BCUT2D eigenvalue weighted by Gasteiger charge is -2.25. The first-order valence-corrected chi connectivity index (χ1v) is 7.01. The Morgan fingerprint density at radius 2 is 2.06 bits per heavy atom. The van der Waals surface area contributed by atoms with Crippen LogP contribution >= 0.6 is 15.9 Å². The van der Waals surface area contributed by atoms with Gasteiger partial charge in [0.05, 0.1) is 6.10 Å². The van der Waals surface area contributed by atoms with E-state index in [0.717, 1.165) is 29.5 Å². The second kappa shape index (κ2) is 7.14. The minimum absolute atomic E-state index is 0.375. The Hall–Kier alpha value is -0.380. The third kappa shape index (κ3) is 4.78. The maximum absolute atomic E-state index is 10.1. The number of aliphatic hydroxyl groups is 1. The lowest BCUT2D eigenvalue weighted by Crippen LogP contribution is -2.32. The zero-order valence-electron chi connectivity index (χ0n) is 10.9. The van der Waals surface area contributed by atoms with Gasteiger partial charge in [-0.15, -0.1) is 0 Å². The van der Waals surface area contributed by atoms with Crippen molar-refractivity contribution >= 4 is 15.9 Å². The predicted molar refractivity (Wildman–Crippen MR) is 76.1 cm³/mol. The van der Waals surface area contributed by atoms with Gasteiger partial charge in [0, 0.05) is 17.1 Å². The summed E-state index contributed by atoms with van der Waals surface area (Å²) in [7, 11) is 0. The SMILES string of the molecule is CCN(CCC(O)c1cccc(Br)c1)C(C)C. The number of hydrogen-bond donors (Lipinski definition) is 1. The summed E-state index contributed by atoms with van der Waals surface area (Å²) in [6.07, 6.45) is 0.406. The number of hydrogen-bond acceptors (Lipinski definition) is 2. The van der Waals surface area contributed by atoms with E-state index in [1.807, 2.05) is 24.3 Å². The summed E-state index contributed by atoms with van der Waals surface area (Å²) in [5, 5.41) is 10.1. The molecule has 0 aromatic heterocycles. The van der Waals surface area contributed by atoms with Crippen LogP contribution in [0.5, 0.6) is 0 Å². The van der Waals surface area contributed by atoms with Crippen molar-refractivity contribution in [3.63, 3.8) is 0 Å². The smallest absolute Gasteiger partial charge is 0.0802 e. The van der Waals surface area contributed by atoms with Crippen molar-refractivity contribution in [2.75, 3.05) is 13.1 Å². The quantitative estimate of drug-likeness (QED) is 0.867. The average Bonchev–Trinajstić information content (AvgIpc) is 2.29. The molecule has 0 aliphatic heterocycles. The van der Waals surface area contributed by atoms with Crippen LogP contribution in [0, 0.1) is 0 Å². The molecule has 1 atom stereocenters. The van der Waals surface area contributed by atoms with Gasteiger partial charge in [0.2, 0.25) is 0 Å². The molecule has 0 fully saturated rings. The Kier molecular flexibility index (Phi) is 6.17. The van der Waals surface area contributed by atoms with Gasteiger partial charge < -0.3 is 10.0 Å². The van der Waals surface area contributed by atoms with Crippen molar-refractivity contribution < 1.29 is 5.11 Å². The molecule has 1 aromatic carbocycles. The molecule has 2 nitrogen and oxygen atoms in total. The summed E-state index contributed by atoms with van der Waals surface area (Å²) < 4.78 is 1.02. The summed E-state index contributed by atoms with van der Waals surface area (Å²) in [4.78, 5) is 2.36. The van der Waals surface area contributed by atoms with E-state index in [-0.39, 0.29) is 6.10 Å². The van der Waals surface area contributed by atoms with E-state index >= 15 is 0 Å². The van der Waals surface area contributed by atoms with Crippen molar-refractivity contribution in [2.45, 2.75) is 39.3 Å². The number of nitrogens with zero attached hydrogens (tertiary/aromatic N) is 1. The molecule has 0 aliphatic rings. The van der Waals surface area contributed by atoms with Crippen molar-refractivity contribution in [3.05, 3.63) is 34.3 Å². The first kappa shape index (κ1) is 14.7.